The Bertz CT molecular complexity index is 1810. The Morgan fingerprint density at radius 1 is 1.20 bits per heavy atom. The molecule has 1 fully saturated rings. The van der Waals surface area contributed by atoms with E-state index >= 15 is 0 Å². The van der Waals surface area contributed by atoms with Gasteiger partial charge in [-0.2, -0.15) is 10.1 Å². The second-order valence-corrected chi connectivity index (χ2v) is 13.6. The fourth-order valence-corrected chi connectivity index (χ4v) is 8.43. The van der Waals surface area contributed by atoms with E-state index in [0.717, 1.165) is 73.5 Å². The van der Waals surface area contributed by atoms with Gasteiger partial charge < -0.3 is 15.0 Å². The number of rotatable bonds is 7. The molecule has 0 bridgehead atoms. The van der Waals surface area contributed by atoms with Gasteiger partial charge >= 0.3 is 0 Å². The van der Waals surface area contributed by atoms with Gasteiger partial charge in [0.05, 0.1) is 17.7 Å². The van der Waals surface area contributed by atoms with Crippen molar-refractivity contribution < 1.29 is 13.7 Å². The number of likely N-dealkylation sites (N-methyl/N-ethyl adjacent to an activating group) is 1. The van der Waals surface area contributed by atoms with E-state index in [9.17, 15) is 4.39 Å². The molecule has 5 heterocycles. The van der Waals surface area contributed by atoms with Gasteiger partial charge in [-0.05, 0) is 83.5 Å². The lowest BCUT2D eigenvalue weighted by atomic mass is 9.68. The number of benzene rings is 1. The summed E-state index contributed by atoms with van der Waals surface area (Å²) in [5.41, 5.74) is 14.3. The zero-order valence-corrected chi connectivity index (χ0v) is 26.7. The fraction of sp³-hybridized carbons (Fsp3) is 0.500. The Morgan fingerprint density at radius 2 is 2.07 bits per heavy atom. The Morgan fingerprint density at radius 3 is 2.85 bits per heavy atom. The summed E-state index contributed by atoms with van der Waals surface area (Å²) in [4.78, 5) is 18.4. The van der Waals surface area contributed by atoms with Crippen molar-refractivity contribution in [2.45, 2.75) is 88.8 Å². The van der Waals surface area contributed by atoms with Crippen LogP contribution in [0, 0.1) is 0 Å². The van der Waals surface area contributed by atoms with Crippen molar-refractivity contribution in [2.24, 2.45) is 4.99 Å². The van der Waals surface area contributed by atoms with E-state index in [1.54, 1.807) is 4.68 Å². The lowest BCUT2D eigenvalue weighted by Gasteiger charge is -2.34. The minimum atomic E-state index is -0.866. The number of alkyl halides is 1. The van der Waals surface area contributed by atoms with Crippen LogP contribution in [0.3, 0.4) is 0 Å². The largest absolute Gasteiger partial charge is 0.473 e. The SMILES string of the molecule is C=NCc1c(N)ccc2c1[C@]1(CCCc3c(-c4nc(O[C@@H](C)[C@@H]5C[C@@H](F)CN5C)cc(-n5cc6c(n5)CN(C)C6)n4)noc31)CC2. The van der Waals surface area contributed by atoms with Gasteiger partial charge in [-0.3, -0.25) is 14.8 Å². The Kier molecular flexibility index (Phi) is 6.98. The standard InChI is InChI=1S/C34H40FN9O2/c1-19(27-12-22(35)17-43(27)4)45-29-13-28(44-16-21-15-42(3)18-26(21)40-44)38-33(39-29)31-23-6-5-10-34(32(23)46-41-31)11-9-20-7-8-25(36)24(14-37-2)30(20)34/h7-8,13,16,19,22,27H,2,5-6,9-12,14-15,17-18,36H2,1,3-4H3/t19-,22+,27-,34-/m0/s1. The van der Waals surface area contributed by atoms with Crippen LogP contribution >= 0.6 is 0 Å². The van der Waals surface area contributed by atoms with E-state index in [0.29, 0.717) is 42.7 Å². The molecule has 46 heavy (non-hydrogen) atoms. The summed E-state index contributed by atoms with van der Waals surface area (Å²) in [7, 11) is 4.02. The number of nitrogen functional groups attached to an aromatic ring is 1. The van der Waals surface area contributed by atoms with Crippen molar-refractivity contribution in [1.82, 2.24) is 34.7 Å². The topological polar surface area (TPSA) is 124 Å². The van der Waals surface area contributed by atoms with Crippen molar-refractivity contribution in [3.8, 4) is 23.2 Å². The number of aliphatic imine (C=N–C) groups is 1. The predicted octanol–water partition coefficient (Wildman–Crippen LogP) is 4.42. The van der Waals surface area contributed by atoms with Crippen molar-refractivity contribution in [2.75, 3.05) is 26.4 Å². The molecule has 4 aliphatic rings. The number of hydrogen-bond donors (Lipinski definition) is 1. The third kappa shape index (κ3) is 4.64. The highest BCUT2D eigenvalue weighted by Gasteiger charge is 2.49. The molecule has 0 unspecified atom stereocenters. The molecule has 3 aromatic heterocycles. The summed E-state index contributed by atoms with van der Waals surface area (Å²) in [6.07, 6.45) is 5.87. The molecule has 4 aromatic rings. The summed E-state index contributed by atoms with van der Waals surface area (Å²) in [5, 5.41) is 9.52. The molecule has 11 nitrogen and oxygen atoms in total. The number of nitrogens with two attached hydrogens (primary N) is 1. The van der Waals surface area contributed by atoms with Crippen LogP contribution in [0.15, 0.2) is 33.9 Å². The summed E-state index contributed by atoms with van der Waals surface area (Å²) in [6.45, 7) is 8.21. The first kappa shape index (κ1) is 29.3. The number of hydrogen-bond acceptors (Lipinski definition) is 10. The van der Waals surface area contributed by atoms with E-state index in [1.165, 1.54) is 16.7 Å². The number of aromatic nitrogens is 5. The molecule has 2 aliphatic heterocycles. The molecule has 1 aromatic carbocycles. The van der Waals surface area contributed by atoms with E-state index < -0.39 is 6.17 Å². The van der Waals surface area contributed by atoms with E-state index in [-0.39, 0.29) is 17.6 Å². The van der Waals surface area contributed by atoms with Crippen molar-refractivity contribution >= 4 is 12.4 Å². The van der Waals surface area contributed by atoms with Gasteiger partial charge in [-0.25, -0.2) is 14.1 Å². The second-order valence-electron chi connectivity index (χ2n) is 13.6. The maximum absolute atomic E-state index is 14.3. The summed E-state index contributed by atoms with van der Waals surface area (Å²) in [5.74, 6) is 2.29. The monoisotopic (exact) mass is 625 g/mol. The summed E-state index contributed by atoms with van der Waals surface area (Å²) >= 11 is 0. The predicted molar refractivity (Wildman–Crippen MR) is 172 cm³/mol. The van der Waals surface area contributed by atoms with Crippen LogP contribution in [0.4, 0.5) is 10.1 Å². The quantitative estimate of drug-likeness (QED) is 0.235. The number of ether oxygens (including phenoxy) is 1. The molecule has 0 radical (unpaired) electrons. The molecule has 4 atom stereocenters. The van der Waals surface area contributed by atoms with Crippen LogP contribution in [0.5, 0.6) is 5.88 Å². The molecule has 240 valence electrons. The van der Waals surface area contributed by atoms with Crippen LogP contribution in [0.1, 0.15) is 71.9 Å². The zero-order chi connectivity index (χ0) is 31.7. The molecular formula is C34H40FN9O2. The average molecular weight is 626 g/mol. The van der Waals surface area contributed by atoms with Crippen LogP contribution in [-0.2, 0) is 37.9 Å². The Balaban J connectivity index is 1.22. The number of anilines is 1. The summed E-state index contributed by atoms with van der Waals surface area (Å²) < 4.78 is 28.8. The van der Waals surface area contributed by atoms with Gasteiger partial charge in [0.1, 0.15) is 12.3 Å². The van der Waals surface area contributed by atoms with Gasteiger partial charge in [0, 0.05) is 60.3 Å². The maximum Gasteiger partial charge on any atom is 0.219 e. The van der Waals surface area contributed by atoms with Gasteiger partial charge in [0.15, 0.2) is 23.1 Å². The van der Waals surface area contributed by atoms with Gasteiger partial charge in [-0.15, -0.1) is 0 Å². The minimum absolute atomic E-state index is 0.0605. The number of fused-ring (bicyclic) bond motifs is 5. The first-order valence-electron chi connectivity index (χ1n) is 16.2. The summed E-state index contributed by atoms with van der Waals surface area (Å²) in [6, 6.07) is 5.87. The minimum Gasteiger partial charge on any atom is -0.473 e. The third-order valence-electron chi connectivity index (χ3n) is 10.5. The number of likely N-dealkylation sites (tertiary alicyclic amines) is 1. The van der Waals surface area contributed by atoms with Gasteiger partial charge in [-0.1, -0.05) is 11.2 Å². The van der Waals surface area contributed by atoms with Gasteiger partial charge in [0.25, 0.3) is 0 Å². The van der Waals surface area contributed by atoms with Crippen LogP contribution < -0.4 is 10.5 Å². The highest BCUT2D eigenvalue weighted by molar-refractivity contribution is 5.65. The van der Waals surface area contributed by atoms with Crippen molar-refractivity contribution in [1.29, 1.82) is 0 Å². The molecule has 2 aliphatic carbocycles. The number of nitrogens with zero attached hydrogens (tertiary/aromatic N) is 8. The molecule has 1 spiro atoms. The lowest BCUT2D eigenvalue weighted by Crippen LogP contribution is -2.38. The van der Waals surface area contributed by atoms with E-state index in [4.69, 9.17) is 30.1 Å². The smallest absolute Gasteiger partial charge is 0.219 e. The van der Waals surface area contributed by atoms with Crippen LogP contribution in [-0.4, -0.2) is 80.4 Å². The molecule has 0 amide bonds. The van der Waals surface area contributed by atoms with Crippen molar-refractivity contribution in [3.05, 3.63) is 63.7 Å². The first-order chi connectivity index (χ1) is 22.2. The number of aryl methyl sites for hydroxylation is 1. The highest BCUT2D eigenvalue weighted by Crippen LogP contribution is 2.54. The second kappa shape index (κ2) is 11.0. The van der Waals surface area contributed by atoms with Gasteiger partial charge in [0.2, 0.25) is 5.88 Å². The van der Waals surface area contributed by atoms with Crippen LogP contribution in [0.25, 0.3) is 17.3 Å². The Labute approximate surface area is 267 Å². The van der Waals surface area contributed by atoms with Crippen molar-refractivity contribution in [3.63, 3.8) is 0 Å². The maximum atomic E-state index is 14.3. The molecule has 8 rings (SSSR count). The highest BCUT2D eigenvalue weighted by atomic mass is 19.1. The molecule has 1 saturated heterocycles. The normalized spacial score (nSPS) is 24.7. The molecule has 12 heteroatoms. The van der Waals surface area contributed by atoms with Crippen LogP contribution in [0.2, 0.25) is 0 Å². The lowest BCUT2D eigenvalue weighted by molar-refractivity contribution is 0.117. The fourth-order valence-electron chi connectivity index (χ4n) is 8.43. The molecule has 2 N–H and O–H groups in total. The third-order valence-corrected chi connectivity index (χ3v) is 10.5. The average Bonchev–Trinajstić information content (AvgIpc) is 3.84. The van der Waals surface area contributed by atoms with E-state index in [1.807, 2.05) is 37.2 Å². The Hall–Kier alpha value is -4.16. The van der Waals surface area contributed by atoms with E-state index in [2.05, 4.69) is 34.9 Å². The zero-order valence-electron chi connectivity index (χ0n) is 26.7. The molecular weight excluding hydrogens is 585 g/mol. The number of halogens is 1. The molecule has 0 saturated carbocycles. The first-order valence-corrected chi connectivity index (χ1v) is 16.2.